The van der Waals surface area contributed by atoms with Gasteiger partial charge in [-0.2, -0.15) is 0 Å². The molecular weight excluding hydrogens is 313 g/mol. The second-order valence-corrected chi connectivity index (χ2v) is 5.74. The molecule has 7 heteroatoms. The molecule has 1 fully saturated rings. The van der Waals surface area contributed by atoms with Crippen LogP contribution in [0.4, 0.5) is 4.39 Å². The Morgan fingerprint density at radius 1 is 1.12 bits per heavy atom. The van der Waals surface area contributed by atoms with Crippen LogP contribution in [0.25, 0.3) is 0 Å². The summed E-state index contributed by atoms with van der Waals surface area (Å²) in [5, 5.41) is 5.24. The van der Waals surface area contributed by atoms with Gasteiger partial charge in [0, 0.05) is 31.1 Å². The first-order chi connectivity index (χ1) is 11.5. The first-order valence-corrected chi connectivity index (χ1v) is 8.10. The minimum absolute atomic E-state index is 0.0264. The number of benzene rings is 1. The Hall–Kier alpha value is -2.44. The fourth-order valence-corrected chi connectivity index (χ4v) is 2.69. The zero-order valence-corrected chi connectivity index (χ0v) is 13.7. The molecule has 1 aromatic carbocycles. The van der Waals surface area contributed by atoms with E-state index in [2.05, 4.69) is 10.6 Å². The zero-order valence-electron chi connectivity index (χ0n) is 13.7. The Kier molecular flexibility index (Phi) is 6.28. The van der Waals surface area contributed by atoms with Crippen molar-refractivity contribution >= 4 is 17.7 Å². The summed E-state index contributed by atoms with van der Waals surface area (Å²) < 4.78 is 12.9. The molecule has 1 aliphatic heterocycles. The Labute approximate surface area is 140 Å². The lowest BCUT2D eigenvalue weighted by molar-refractivity contribution is -0.129. The number of piperidine rings is 1. The molecule has 0 aliphatic carbocycles. The average molecular weight is 335 g/mol. The summed E-state index contributed by atoms with van der Waals surface area (Å²) in [6.45, 7) is 3.25. The third-order valence-electron chi connectivity index (χ3n) is 4.04. The normalized spacial score (nSPS) is 15.0. The Bertz CT molecular complexity index is 596. The highest BCUT2D eigenvalue weighted by Crippen LogP contribution is 2.19. The first kappa shape index (κ1) is 17.9. The number of nitrogens with one attached hydrogen (secondary N) is 2. The molecular formula is C17H22FN3O3. The molecule has 0 aromatic heterocycles. The molecule has 3 amide bonds. The number of hydrogen-bond donors (Lipinski definition) is 2. The molecule has 24 heavy (non-hydrogen) atoms. The van der Waals surface area contributed by atoms with E-state index in [1.165, 1.54) is 24.3 Å². The van der Waals surface area contributed by atoms with Gasteiger partial charge in [0.15, 0.2) is 0 Å². The van der Waals surface area contributed by atoms with Crippen LogP contribution in [0.3, 0.4) is 0 Å². The van der Waals surface area contributed by atoms with E-state index in [0.717, 1.165) is 0 Å². The van der Waals surface area contributed by atoms with Gasteiger partial charge in [0.1, 0.15) is 5.82 Å². The van der Waals surface area contributed by atoms with E-state index in [4.69, 9.17) is 0 Å². The van der Waals surface area contributed by atoms with Crippen LogP contribution >= 0.6 is 0 Å². The molecule has 0 unspecified atom stereocenters. The van der Waals surface area contributed by atoms with Crippen LogP contribution in [-0.2, 0) is 9.59 Å². The van der Waals surface area contributed by atoms with Gasteiger partial charge in [0.05, 0.1) is 6.54 Å². The number of carbonyl (C=O) groups excluding carboxylic acids is 3. The van der Waals surface area contributed by atoms with Gasteiger partial charge in [-0.1, -0.05) is 0 Å². The standard InChI is InChI=1S/C17H22FN3O3/c1-2-19-15(22)11-20-16(23)12-7-9-21(10-8-12)17(24)13-3-5-14(18)6-4-13/h3-6,12H,2,7-11H2,1H3,(H,19,22)(H,20,23). The fourth-order valence-electron chi connectivity index (χ4n) is 2.69. The Balaban J connectivity index is 1.80. The van der Waals surface area contributed by atoms with Gasteiger partial charge in [-0.3, -0.25) is 14.4 Å². The molecule has 0 radical (unpaired) electrons. The number of nitrogens with zero attached hydrogens (tertiary/aromatic N) is 1. The molecule has 1 aromatic rings. The molecule has 0 spiro atoms. The van der Waals surface area contributed by atoms with Gasteiger partial charge in [0.25, 0.3) is 5.91 Å². The molecule has 1 saturated heterocycles. The van der Waals surface area contributed by atoms with Gasteiger partial charge < -0.3 is 15.5 Å². The van der Waals surface area contributed by atoms with Crippen LogP contribution in [-0.4, -0.2) is 48.8 Å². The van der Waals surface area contributed by atoms with Crippen LogP contribution in [0, 0.1) is 11.7 Å². The topological polar surface area (TPSA) is 78.5 Å². The smallest absolute Gasteiger partial charge is 0.253 e. The molecule has 1 aliphatic rings. The highest BCUT2D eigenvalue weighted by atomic mass is 19.1. The van der Waals surface area contributed by atoms with Crippen molar-refractivity contribution < 1.29 is 18.8 Å². The second kappa shape index (κ2) is 8.42. The van der Waals surface area contributed by atoms with Crippen molar-refractivity contribution in [2.75, 3.05) is 26.2 Å². The zero-order chi connectivity index (χ0) is 17.5. The van der Waals surface area contributed by atoms with Crippen LogP contribution in [0.15, 0.2) is 24.3 Å². The number of likely N-dealkylation sites (N-methyl/N-ethyl adjacent to an activating group) is 1. The number of halogens is 1. The van der Waals surface area contributed by atoms with E-state index in [9.17, 15) is 18.8 Å². The highest BCUT2D eigenvalue weighted by molar-refractivity contribution is 5.94. The number of hydrogen-bond acceptors (Lipinski definition) is 3. The lowest BCUT2D eigenvalue weighted by Crippen LogP contribution is -2.45. The van der Waals surface area contributed by atoms with E-state index in [1.807, 2.05) is 6.92 Å². The minimum Gasteiger partial charge on any atom is -0.355 e. The fraction of sp³-hybridized carbons (Fsp3) is 0.471. The van der Waals surface area contributed by atoms with Gasteiger partial charge >= 0.3 is 0 Å². The lowest BCUT2D eigenvalue weighted by Gasteiger charge is -2.31. The molecule has 2 rings (SSSR count). The molecule has 0 saturated carbocycles. The minimum atomic E-state index is -0.381. The molecule has 2 N–H and O–H groups in total. The van der Waals surface area contributed by atoms with Crippen LogP contribution in [0.1, 0.15) is 30.1 Å². The molecule has 0 atom stereocenters. The van der Waals surface area contributed by atoms with Gasteiger partial charge in [-0.15, -0.1) is 0 Å². The van der Waals surface area contributed by atoms with E-state index in [0.29, 0.717) is 38.0 Å². The predicted molar refractivity (Wildman–Crippen MR) is 86.7 cm³/mol. The summed E-state index contributed by atoms with van der Waals surface area (Å²) in [5.74, 6) is -1.10. The van der Waals surface area contributed by atoms with Gasteiger partial charge in [0.2, 0.25) is 11.8 Å². The summed E-state index contributed by atoms with van der Waals surface area (Å²) in [4.78, 5) is 37.4. The maximum absolute atomic E-state index is 12.9. The number of amides is 3. The average Bonchev–Trinajstić information content (AvgIpc) is 2.60. The van der Waals surface area contributed by atoms with E-state index < -0.39 is 0 Å². The first-order valence-electron chi connectivity index (χ1n) is 8.10. The molecule has 130 valence electrons. The van der Waals surface area contributed by atoms with Crippen molar-refractivity contribution in [3.63, 3.8) is 0 Å². The molecule has 1 heterocycles. The van der Waals surface area contributed by atoms with Crippen molar-refractivity contribution in [2.45, 2.75) is 19.8 Å². The van der Waals surface area contributed by atoms with Crippen molar-refractivity contribution in [3.05, 3.63) is 35.6 Å². The van der Waals surface area contributed by atoms with Crippen molar-refractivity contribution in [3.8, 4) is 0 Å². The summed E-state index contributed by atoms with van der Waals surface area (Å²) in [6, 6.07) is 5.44. The van der Waals surface area contributed by atoms with Crippen LogP contribution in [0.5, 0.6) is 0 Å². The van der Waals surface area contributed by atoms with E-state index in [1.54, 1.807) is 4.90 Å². The number of likely N-dealkylation sites (tertiary alicyclic amines) is 1. The monoisotopic (exact) mass is 335 g/mol. The maximum Gasteiger partial charge on any atom is 0.253 e. The van der Waals surface area contributed by atoms with Crippen LogP contribution in [0.2, 0.25) is 0 Å². The third-order valence-corrected chi connectivity index (χ3v) is 4.04. The lowest BCUT2D eigenvalue weighted by atomic mass is 9.95. The molecule has 0 bridgehead atoms. The summed E-state index contributed by atoms with van der Waals surface area (Å²) in [6.07, 6.45) is 1.10. The SMILES string of the molecule is CCNC(=O)CNC(=O)C1CCN(C(=O)c2ccc(F)cc2)CC1. The summed E-state index contributed by atoms with van der Waals surface area (Å²) in [5.41, 5.74) is 0.440. The quantitative estimate of drug-likeness (QED) is 0.840. The van der Waals surface area contributed by atoms with E-state index in [-0.39, 0.29) is 36.0 Å². The second-order valence-electron chi connectivity index (χ2n) is 5.74. The van der Waals surface area contributed by atoms with Gasteiger partial charge in [-0.05, 0) is 44.0 Å². The van der Waals surface area contributed by atoms with Crippen molar-refractivity contribution in [2.24, 2.45) is 5.92 Å². The molecule has 6 nitrogen and oxygen atoms in total. The van der Waals surface area contributed by atoms with Crippen molar-refractivity contribution in [1.29, 1.82) is 0 Å². The number of rotatable bonds is 5. The Morgan fingerprint density at radius 2 is 1.75 bits per heavy atom. The third kappa shape index (κ3) is 4.78. The van der Waals surface area contributed by atoms with Gasteiger partial charge in [-0.25, -0.2) is 4.39 Å². The highest BCUT2D eigenvalue weighted by Gasteiger charge is 2.27. The maximum atomic E-state index is 12.9. The summed E-state index contributed by atoms with van der Waals surface area (Å²) >= 11 is 0. The Morgan fingerprint density at radius 3 is 2.33 bits per heavy atom. The van der Waals surface area contributed by atoms with E-state index >= 15 is 0 Å². The summed E-state index contributed by atoms with van der Waals surface area (Å²) in [7, 11) is 0. The van der Waals surface area contributed by atoms with Crippen molar-refractivity contribution in [1.82, 2.24) is 15.5 Å². The number of carbonyl (C=O) groups is 3. The van der Waals surface area contributed by atoms with Crippen LogP contribution < -0.4 is 10.6 Å². The largest absolute Gasteiger partial charge is 0.355 e. The predicted octanol–water partition coefficient (Wildman–Crippen LogP) is 0.930.